The molecule has 6 heteroatoms. The number of aromatic hydroxyl groups is 2. The van der Waals surface area contributed by atoms with E-state index in [0.717, 1.165) is 0 Å². The zero-order valence-corrected chi connectivity index (χ0v) is 13.8. The van der Waals surface area contributed by atoms with Crippen LogP contribution in [-0.2, 0) is 0 Å². The predicted octanol–water partition coefficient (Wildman–Crippen LogP) is 2.19. The molecule has 0 saturated heterocycles. The molecule has 26 heavy (non-hydrogen) atoms. The van der Waals surface area contributed by atoms with Gasteiger partial charge in [-0.25, -0.2) is 0 Å². The van der Waals surface area contributed by atoms with Crippen molar-refractivity contribution in [2.24, 2.45) is 0 Å². The third kappa shape index (κ3) is 2.34. The van der Waals surface area contributed by atoms with Crippen LogP contribution in [0.1, 0.15) is 68.7 Å². The Labute approximate surface area is 149 Å². The molecule has 0 spiro atoms. The zero-order valence-electron chi connectivity index (χ0n) is 13.8. The molecule has 4 N–H and O–H groups in total. The molecule has 0 amide bonds. The summed E-state index contributed by atoms with van der Waals surface area (Å²) in [6, 6.07) is 7.85. The zero-order chi connectivity index (χ0) is 18.6. The van der Waals surface area contributed by atoms with Crippen LogP contribution >= 0.6 is 0 Å². The molecular formula is C20H18O6. The smallest absolute Gasteiger partial charge is 0.166 e. The number of phenolic OH excluding ortho intramolecular Hbond substituents is 2. The maximum Gasteiger partial charge on any atom is 0.166 e. The number of carbonyl (C=O) groups is 2. The van der Waals surface area contributed by atoms with Gasteiger partial charge in [0.1, 0.15) is 17.6 Å². The van der Waals surface area contributed by atoms with E-state index in [1.165, 1.54) is 12.1 Å². The third-order valence-corrected chi connectivity index (χ3v) is 5.35. The van der Waals surface area contributed by atoms with E-state index in [-0.39, 0.29) is 58.5 Å². The lowest BCUT2D eigenvalue weighted by Gasteiger charge is -2.32. The minimum absolute atomic E-state index is 0.0323. The van der Waals surface area contributed by atoms with Crippen LogP contribution < -0.4 is 0 Å². The van der Waals surface area contributed by atoms with Crippen molar-refractivity contribution in [3.8, 4) is 11.5 Å². The van der Waals surface area contributed by atoms with Crippen molar-refractivity contribution in [2.45, 2.75) is 37.4 Å². The van der Waals surface area contributed by atoms with Crippen molar-refractivity contribution in [1.29, 1.82) is 0 Å². The number of hydrogen-bond donors (Lipinski definition) is 4. The van der Waals surface area contributed by atoms with Crippen molar-refractivity contribution in [2.75, 3.05) is 0 Å². The van der Waals surface area contributed by atoms with Crippen molar-refractivity contribution >= 4 is 11.6 Å². The number of hydrogen-bond acceptors (Lipinski definition) is 6. The van der Waals surface area contributed by atoms with Gasteiger partial charge < -0.3 is 20.4 Å². The highest BCUT2D eigenvalue weighted by Crippen LogP contribution is 2.45. The highest BCUT2D eigenvalue weighted by Gasteiger charge is 2.38. The van der Waals surface area contributed by atoms with Crippen LogP contribution in [0.2, 0.25) is 0 Å². The molecule has 0 unspecified atom stereocenters. The number of Topliss-reactive ketones (excluding diaryl/α,β-unsaturated/α-hetero) is 2. The lowest BCUT2D eigenvalue weighted by molar-refractivity contribution is 0.00726. The molecule has 2 aliphatic carbocycles. The largest absolute Gasteiger partial charge is 0.508 e. The monoisotopic (exact) mass is 354 g/mol. The van der Waals surface area contributed by atoms with E-state index in [4.69, 9.17) is 0 Å². The number of fused-ring (bicyclic) bond motifs is 2. The van der Waals surface area contributed by atoms with Gasteiger partial charge in [0.05, 0.1) is 11.7 Å². The molecule has 0 heterocycles. The highest BCUT2D eigenvalue weighted by atomic mass is 16.3. The quantitative estimate of drug-likeness (QED) is 0.624. The minimum atomic E-state index is -1.35. The molecule has 2 aromatic carbocycles. The summed E-state index contributed by atoms with van der Waals surface area (Å²) in [5.41, 5.74) is 1.71. The molecule has 2 aliphatic rings. The molecule has 134 valence electrons. The summed E-state index contributed by atoms with van der Waals surface area (Å²) in [6.45, 7) is 0. The van der Waals surface area contributed by atoms with Gasteiger partial charge in [-0.05, 0) is 29.7 Å². The number of aliphatic hydroxyl groups excluding tert-OH is 2. The summed E-state index contributed by atoms with van der Waals surface area (Å²) in [7, 11) is 0. The Morgan fingerprint density at radius 3 is 2.35 bits per heavy atom. The first kappa shape index (κ1) is 16.8. The number of benzene rings is 2. The summed E-state index contributed by atoms with van der Waals surface area (Å²) in [5.74, 6) is -1.17. The molecule has 0 aromatic heterocycles. The second-order valence-corrected chi connectivity index (χ2v) is 6.86. The summed E-state index contributed by atoms with van der Waals surface area (Å²) >= 11 is 0. The molecule has 3 atom stereocenters. The van der Waals surface area contributed by atoms with Crippen molar-refractivity contribution < 1.29 is 30.0 Å². The van der Waals surface area contributed by atoms with Gasteiger partial charge >= 0.3 is 0 Å². The molecule has 0 saturated carbocycles. The fraction of sp³-hybridized carbons (Fsp3) is 0.300. The Kier molecular flexibility index (Phi) is 3.82. The second-order valence-electron chi connectivity index (χ2n) is 6.86. The van der Waals surface area contributed by atoms with E-state index >= 15 is 0 Å². The first-order valence-corrected chi connectivity index (χ1v) is 8.50. The van der Waals surface area contributed by atoms with Crippen LogP contribution in [0.3, 0.4) is 0 Å². The van der Waals surface area contributed by atoms with Gasteiger partial charge in [-0.3, -0.25) is 9.59 Å². The lowest BCUT2D eigenvalue weighted by atomic mass is 9.73. The van der Waals surface area contributed by atoms with Gasteiger partial charge in [0.2, 0.25) is 0 Å². The highest BCUT2D eigenvalue weighted by molar-refractivity contribution is 6.03. The molecule has 4 rings (SSSR count). The fourth-order valence-corrected chi connectivity index (χ4v) is 4.15. The number of rotatable bonds is 1. The Morgan fingerprint density at radius 2 is 1.58 bits per heavy atom. The second kappa shape index (κ2) is 5.93. The van der Waals surface area contributed by atoms with Crippen LogP contribution in [0.5, 0.6) is 11.5 Å². The number of carbonyl (C=O) groups excluding carboxylic acids is 2. The lowest BCUT2D eigenvalue weighted by Crippen LogP contribution is -2.31. The first-order chi connectivity index (χ1) is 12.4. The molecule has 0 radical (unpaired) electrons. The summed E-state index contributed by atoms with van der Waals surface area (Å²) in [6.07, 6.45) is -2.16. The molecule has 0 bridgehead atoms. The Bertz CT molecular complexity index is 932. The third-order valence-electron chi connectivity index (χ3n) is 5.35. The molecule has 0 fully saturated rings. The Hall–Kier alpha value is -2.70. The summed E-state index contributed by atoms with van der Waals surface area (Å²) in [5, 5.41) is 40.4. The van der Waals surface area contributed by atoms with Gasteiger partial charge in [0.15, 0.2) is 11.6 Å². The van der Waals surface area contributed by atoms with Crippen LogP contribution in [0.25, 0.3) is 0 Å². The van der Waals surface area contributed by atoms with E-state index in [1.807, 2.05) is 0 Å². The van der Waals surface area contributed by atoms with E-state index in [9.17, 15) is 30.0 Å². The average Bonchev–Trinajstić information content (AvgIpc) is 2.60. The standard InChI is InChI=1S/C20H18O6/c21-12-3-1-2-10-9(4-6-13(22)17(10)12)11-5-7-14(23)19-18(11)15(24)8-16(25)20(19)26/h1-3,5,7,9,16,20-21,23,25-26H,4,6,8H2/t9-,16+,20+/m1/s1. The van der Waals surface area contributed by atoms with Crippen LogP contribution in [0, 0.1) is 0 Å². The van der Waals surface area contributed by atoms with Gasteiger partial charge in [0, 0.05) is 29.9 Å². The van der Waals surface area contributed by atoms with E-state index in [1.54, 1.807) is 18.2 Å². The van der Waals surface area contributed by atoms with Gasteiger partial charge in [0.25, 0.3) is 0 Å². The topological polar surface area (TPSA) is 115 Å². The average molecular weight is 354 g/mol. The number of aliphatic hydroxyl groups is 2. The Morgan fingerprint density at radius 1 is 0.846 bits per heavy atom. The molecule has 6 nitrogen and oxygen atoms in total. The summed E-state index contributed by atoms with van der Waals surface area (Å²) in [4.78, 5) is 24.8. The summed E-state index contributed by atoms with van der Waals surface area (Å²) < 4.78 is 0. The normalized spacial score (nSPS) is 24.9. The molecule has 2 aromatic rings. The van der Waals surface area contributed by atoms with Crippen LogP contribution in [-0.4, -0.2) is 38.1 Å². The SMILES string of the molecule is O=C1CC[C@@H](c2ccc(O)c3c2C(=O)C[C@H](O)[C@@H]3O)c2cccc(O)c21. The van der Waals surface area contributed by atoms with Crippen molar-refractivity contribution in [3.05, 3.63) is 58.1 Å². The van der Waals surface area contributed by atoms with Crippen LogP contribution in [0.15, 0.2) is 30.3 Å². The number of ketones is 2. The van der Waals surface area contributed by atoms with Gasteiger partial charge in [-0.2, -0.15) is 0 Å². The molecule has 0 aliphatic heterocycles. The van der Waals surface area contributed by atoms with Gasteiger partial charge in [-0.15, -0.1) is 0 Å². The van der Waals surface area contributed by atoms with E-state index in [0.29, 0.717) is 17.5 Å². The van der Waals surface area contributed by atoms with Crippen molar-refractivity contribution in [3.63, 3.8) is 0 Å². The van der Waals surface area contributed by atoms with E-state index in [2.05, 4.69) is 0 Å². The minimum Gasteiger partial charge on any atom is -0.508 e. The Balaban J connectivity index is 1.94. The van der Waals surface area contributed by atoms with Crippen LogP contribution in [0.4, 0.5) is 0 Å². The first-order valence-electron chi connectivity index (χ1n) is 8.50. The fourth-order valence-electron chi connectivity index (χ4n) is 4.15. The number of phenols is 2. The van der Waals surface area contributed by atoms with Crippen molar-refractivity contribution in [1.82, 2.24) is 0 Å². The maximum atomic E-state index is 12.6. The molecular weight excluding hydrogens is 336 g/mol. The van der Waals surface area contributed by atoms with E-state index < -0.39 is 12.2 Å². The van der Waals surface area contributed by atoms with Gasteiger partial charge in [-0.1, -0.05) is 18.2 Å². The maximum absolute atomic E-state index is 12.6. The predicted molar refractivity (Wildman–Crippen MR) is 91.5 cm³/mol.